The van der Waals surface area contributed by atoms with Crippen LogP contribution in [-0.4, -0.2) is 39.1 Å². The van der Waals surface area contributed by atoms with Gasteiger partial charge in [-0.2, -0.15) is 10.2 Å². The Labute approximate surface area is 136 Å². The van der Waals surface area contributed by atoms with Crippen LogP contribution in [0.25, 0.3) is 16.7 Å². The summed E-state index contributed by atoms with van der Waals surface area (Å²) in [6, 6.07) is -0.132. The van der Waals surface area contributed by atoms with Gasteiger partial charge in [0.2, 0.25) is 0 Å². The number of rotatable bonds is 2. The van der Waals surface area contributed by atoms with Crippen LogP contribution < -0.4 is 0 Å². The summed E-state index contributed by atoms with van der Waals surface area (Å²) in [6.45, 7) is 5.83. The van der Waals surface area contributed by atoms with Crippen LogP contribution in [0.1, 0.15) is 30.2 Å². The molecule has 0 aliphatic rings. The van der Waals surface area contributed by atoms with Crippen LogP contribution in [0, 0.1) is 13.8 Å². The lowest BCUT2D eigenvalue weighted by atomic mass is 10.3. The van der Waals surface area contributed by atoms with E-state index in [2.05, 4.69) is 25.3 Å². The zero-order chi connectivity index (χ0) is 16.3. The summed E-state index contributed by atoms with van der Waals surface area (Å²) < 4.78 is 5.23. The van der Waals surface area contributed by atoms with E-state index in [1.54, 1.807) is 21.7 Å². The third-order valence-corrected chi connectivity index (χ3v) is 4.61. The summed E-state index contributed by atoms with van der Waals surface area (Å²) >= 11 is 6.24. The molecule has 0 N–H and O–H groups in total. The molecule has 0 aliphatic carbocycles. The van der Waals surface area contributed by atoms with Gasteiger partial charge in [-0.1, -0.05) is 11.6 Å². The second-order valence-corrected chi connectivity index (χ2v) is 5.97. The summed E-state index contributed by atoms with van der Waals surface area (Å²) in [7, 11) is 1.85. The maximum absolute atomic E-state index is 6.24. The van der Waals surface area contributed by atoms with E-state index in [1.165, 1.54) is 0 Å². The van der Waals surface area contributed by atoms with E-state index in [1.807, 2.05) is 32.5 Å². The summed E-state index contributed by atoms with van der Waals surface area (Å²) in [4.78, 5) is 9.03. The first-order valence-corrected chi connectivity index (χ1v) is 7.59. The minimum absolute atomic E-state index is 0.132. The lowest BCUT2D eigenvalue weighted by molar-refractivity contribution is 0.520. The number of halogens is 1. The van der Waals surface area contributed by atoms with Crippen LogP contribution in [0.5, 0.6) is 0 Å². The monoisotopic (exact) mass is 330 g/mol. The van der Waals surface area contributed by atoms with Gasteiger partial charge in [0, 0.05) is 7.05 Å². The highest BCUT2D eigenvalue weighted by molar-refractivity contribution is 6.31. The van der Waals surface area contributed by atoms with Crippen LogP contribution in [0.3, 0.4) is 0 Å². The third-order valence-electron chi connectivity index (χ3n) is 4.06. The van der Waals surface area contributed by atoms with E-state index in [9.17, 15) is 0 Å². The number of hydrogen-bond donors (Lipinski definition) is 0. The molecule has 4 aromatic rings. The molecule has 0 spiro atoms. The zero-order valence-corrected chi connectivity index (χ0v) is 13.9. The maximum Gasteiger partial charge on any atom is 0.176 e. The van der Waals surface area contributed by atoms with Gasteiger partial charge in [-0.15, -0.1) is 5.10 Å². The van der Waals surface area contributed by atoms with Crippen LogP contribution in [0.15, 0.2) is 12.5 Å². The Kier molecular flexibility index (Phi) is 2.92. The highest BCUT2D eigenvalue weighted by Gasteiger charge is 2.20. The molecular formula is C14H15ClN8. The predicted octanol–water partition coefficient (Wildman–Crippen LogP) is 2.09. The van der Waals surface area contributed by atoms with Gasteiger partial charge in [-0.25, -0.2) is 14.5 Å². The smallest absolute Gasteiger partial charge is 0.176 e. The number of hydrogen-bond acceptors (Lipinski definition) is 5. The average molecular weight is 331 g/mol. The van der Waals surface area contributed by atoms with Crippen molar-refractivity contribution in [2.45, 2.75) is 26.8 Å². The first-order chi connectivity index (χ1) is 11.0. The van der Waals surface area contributed by atoms with E-state index in [-0.39, 0.29) is 6.04 Å². The van der Waals surface area contributed by atoms with Crippen molar-refractivity contribution in [2.24, 2.45) is 7.05 Å². The summed E-state index contributed by atoms with van der Waals surface area (Å²) in [5.41, 5.74) is 3.21. The topological polar surface area (TPSA) is 78.7 Å². The second kappa shape index (κ2) is 4.76. The minimum Gasteiger partial charge on any atom is -0.258 e. The molecule has 4 aromatic heterocycles. The van der Waals surface area contributed by atoms with E-state index in [0.717, 1.165) is 28.1 Å². The van der Waals surface area contributed by atoms with Gasteiger partial charge in [0.25, 0.3) is 0 Å². The van der Waals surface area contributed by atoms with Gasteiger partial charge in [-0.3, -0.25) is 9.36 Å². The molecule has 9 heteroatoms. The lowest BCUT2D eigenvalue weighted by Gasteiger charge is -2.10. The quantitative estimate of drug-likeness (QED) is 0.562. The molecule has 0 amide bonds. The molecule has 0 saturated heterocycles. The Morgan fingerprint density at radius 1 is 1.17 bits per heavy atom. The Morgan fingerprint density at radius 2 is 1.96 bits per heavy atom. The molecular weight excluding hydrogens is 316 g/mol. The van der Waals surface area contributed by atoms with Gasteiger partial charge in [-0.05, 0) is 20.8 Å². The van der Waals surface area contributed by atoms with Crippen LogP contribution >= 0.6 is 11.6 Å². The molecule has 0 fully saturated rings. The molecule has 0 aromatic carbocycles. The molecule has 0 radical (unpaired) electrons. The van der Waals surface area contributed by atoms with Gasteiger partial charge in [0.15, 0.2) is 17.1 Å². The Morgan fingerprint density at radius 3 is 2.65 bits per heavy atom. The zero-order valence-electron chi connectivity index (χ0n) is 13.2. The highest BCUT2D eigenvalue weighted by Crippen LogP contribution is 2.25. The predicted molar refractivity (Wildman–Crippen MR) is 85.6 cm³/mol. The van der Waals surface area contributed by atoms with Gasteiger partial charge in [0.05, 0.1) is 28.0 Å². The fourth-order valence-corrected chi connectivity index (χ4v) is 2.89. The molecule has 8 nitrogen and oxygen atoms in total. The second-order valence-electron chi connectivity index (χ2n) is 5.59. The van der Waals surface area contributed by atoms with Crippen molar-refractivity contribution in [3.63, 3.8) is 0 Å². The van der Waals surface area contributed by atoms with Crippen molar-refractivity contribution >= 4 is 28.3 Å². The molecule has 23 heavy (non-hydrogen) atoms. The third kappa shape index (κ3) is 1.94. The van der Waals surface area contributed by atoms with Gasteiger partial charge >= 0.3 is 0 Å². The molecule has 0 unspecified atom stereocenters. The van der Waals surface area contributed by atoms with Crippen molar-refractivity contribution in [1.82, 2.24) is 39.1 Å². The molecule has 0 saturated carbocycles. The minimum atomic E-state index is -0.132. The number of nitrogens with zero attached hydrogens (tertiary/aromatic N) is 8. The standard InChI is InChI=1S/C14H15ClN8/c1-7-11(15)8(2)23(19-7)9(3)12-18-14-10-5-17-21(4)13(10)16-6-22(14)20-12/h5-6,9H,1-4H3/t9-/m0/s1. The van der Waals surface area contributed by atoms with Crippen molar-refractivity contribution < 1.29 is 0 Å². The number of aromatic nitrogens is 8. The normalized spacial score (nSPS) is 13.3. The average Bonchev–Trinajstić information content (AvgIpc) is 3.19. The van der Waals surface area contributed by atoms with Crippen molar-refractivity contribution in [2.75, 3.05) is 0 Å². The van der Waals surface area contributed by atoms with E-state index >= 15 is 0 Å². The molecule has 4 rings (SSSR count). The summed E-state index contributed by atoms with van der Waals surface area (Å²) in [5.74, 6) is 0.658. The lowest BCUT2D eigenvalue weighted by Crippen LogP contribution is -2.12. The fraction of sp³-hybridized carbons (Fsp3) is 0.357. The van der Waals surface area contributed by atoms with Gasteiger partial charge in [0.1, 0.15) is 12.4 Å². The molecule has 4 heterocycles. The van der Waals surface area contributed by atoms with Crippen molar-refractivity contribution in [1.29, 1.82) is 0 Å². The van der Waals surface area contributed by atoms with Crippen LogP contribution in [0.4, 0.5) is 0 Å². The van der Waals surface area contributed by atoms with Gasteiger partial charge < -0.3 is 0 Å². The fourth-order valence-electron chi connectivity index (χ4n) is 2.76. The molecule has 118 valence electrons. The Balaban J connectivity index is 1.88. The summed E-state index contributed by atoms with van der Waals surface area (Å²) in [6.07, 6.45) is 3.40. The van der Waals surface area contributed by atoms with E-state index < -0.39 is 0 Å². The Hall–Kier alpha value is -2.48. The van der Waals surface area contributed by atoms with Crippen molar-refractivity contribution in [3.05, 3.63) is 34.8 Å². The van der Waals surface area contributed by atoms with E-state index in [4.69, 9.17) is 11.6 Å². The molecule has 1 atom stereocenters. The Bertz CT molecular complexity index is 1040. The summed E-state index contributed by atoms with van der Waals surface area (Å²) in [5, 5.41) is 14.8. The van der Waals surface area contributed by atoms with Crippen molar-refractivity contribution in [3.8, 4) is 0 Å². The maximum atomic E-state index is 6.24. The van der Waals surface area contributed by atoms with Crippen LogP contribution in [0.2, 0.25) is 5.02 Å². The van der Waals surface area contributed by atoms with E-state index in [0.29, 0.717) is 10.8 Å². The highest BCUT2D eigenvalue weighted by atomic mass is 35.5. The SMILES string of the molecule is Cc1nn([C@@H](C)c2nc3c4cnn(C)c4ncn3n2)c(C)c1Cl. The first kappa shape index (κ1) is 14.1. The first-order valence-electron chi connectivity index (χ1n) is 7.21. The molecule has 0 bridgehead atoms. The molecule has 0 aliphatic heterocycles. The number of aryl methyl sites for hydroxylation is 2. The largest absolute Gasteiger partial charge is 0.258 e. The van der Waals surface area contributed by atoms with Crippen LogP contribution in [-0.2, 0) is 7.05 Å². The number of fused-ring (bicyclic) bond motifs is 3.